The Hall–Kier alpha value is -1.75. The van der Waals surface area contributed by atoms with Gasteiger partial charge in [-0.3, -0.25) is 4.79 Å². The number of nitrogens with zero attached hydrogens (tertiary/aromatic N) is 2. The summed E-state index contributed by atoms with van der Waals surface area (Å²) in [7, 11) is 6.23. The van der Waals surface area contributed by atoms with Crippen LogP contribution in [0, 0.1) is 0 Å². The summed E-state index contributed by atoms with van der Waals surface area (Å²) >= 11 is 0. The third-order valence-corrected chi connectivity index (χ3v) is 4.46. The zero-order valence-corrected chi connectivity index (χ0v) is 12.5. The number of rotatable bonds is 5. The van der Waals surface area contributed by atoms with Gasteiger partial charge < -0.3 is 21.3 Å². The largest absolute Gasteiger partial charge is 0.399 e. The average molecular weight is 276 g/mol. The number of hydrogen-bond donors (Lipinski definition) is 2. The molecule has 0 radical (unpaired) electrons. The quantitative estimate of drug-likeness (QED) is 0.795. The molecular formula is C15H24N4O. The van der Waals surface area contributed by atoms with E-state index in [4.69, 9.17) is 11.5 Å². The van der Waals surface area contributed by atoms with E-state index >= 15 is 0 Å². The van der Waals surface area contributed by atoms with Gasteiger partial charge in [-0.05, 0) is 51.6 Å². The molecule has 4 N–H and O–H groups in total. The average Bonchev–Trinajstić information content (AvgIpc) is 2.32. The van der Waals surface area contributed by atoms with E-state index in [1.165, 1.54) is 19.3 Å². The van der Waals surface area contributed by atoms with Crippen molar-refractivity contribution >= 4 is 17.3 Å². The highest BCUT2D eigenvalue weighted by Crippen LogP contribution is 2.38. The molecule has 1 fully saturated rings. The van der Waals surface area contributed by atoms with E-state index in [2.05, 4.69) is 23.9 Å². The highest BCUT2D eigenvalue weighted by Gasteiger charge is 2.40. The molecule has 0 atom stereocenters. The lowest BCUT2D eigenvalue weighted by Gasteiger charge is -2.49. The number of nitrogens with two attached hydrogens (primary N) is 2. The van der Waals surface area contributed by atoms with Gasteiger partial charge in [0.05, 0.1) is 5.56 Å². The number of nitrogen functional groups attached to an aromatic ring is 1. The summed E-state index contributed by atoms with van der Waals surface area (Å²) in [4.78, 5) is 16.0. The Labute approximate surface area is 120 Å². The number of amides is 1. The maximum atomic E-state index is 11.6. The summed E-state index contributed by atoms with van der Waals surface area (Å²) in [5.41, 5.74) is 13.3. The Kier molecular flexibility index (Phi) is 3.90. The van der Waals surface area contributed by atoms with Crippen molar-refractivity contribution in [2.75, 3.05) is 38.3 Å². The maximum absolute atomic E-state index is 11.6. The first kappa shape index (κ1) is 14.7. The van der Waals surface area contributed by atoms with E-state index in [0.29, 0.717) is 11.3 Å². The fraction of sp³-hybridized carbons (Fsp3) is 0.533. The zero-order valence-electron chi connectivity index (χ0n) is 12.5. The summed E-state index contributed by atoms with van der Waals surface area (Å²) in [6.07, 6.45) is 3.63. The van der Waals surface area contributed by atoms with Crippen molar-refractivity contribution in [1.29, 1.82) is 0 Å². The third-order valence-electron chi connectivity index (χ3n) is 4.46. The smallest absolute Gasteiger partial charge is 0.250 e. The number of carbonyl (C=O) groups is 1. The van der Waals surface area contributed by atoms with Gasteiger partial charge in [-0.15, -0.1) is 0 Å². The van der Waals surface area contributed by atoms with Crippen LogP contribution in [-0.2, 0) is 0 Å². The maximum Gasteiger partial charge on any atom is 0.250 e. The van der Waals surface area contributed by atoms with Crippen LogP contribution < -0.4 is 16.4 Å². The van der Waals surface area contributed by atoms with Gasteiger partial charge in [0, 0.05) is 30.5 Å². The van der Waals surface area contributed by atoms with Crippen LogP contribution in [-0.4, -0.2) is 44.0 Å². The molecule has 0 saturated heterocycles. The van der Waals surface area contributed by atoms with Crippen LogP contribution in [0.25, 0.3) is 0 Å². The molecule has 1 aliphatic rings. The van der Waals surface area contributed by atoms with Crippen molar-refractivity contribution in [1.82, 2.24) is 4.90 Å². The third kappa shape index (κ3) is 2.58. The first-order valence-electron chi connectivity index (χ1n) is 6.94. The van der Waals surface area contributed by atoms with Crippen molar-refractivity contribution in [2.24, 2.45) is 5.73 Å². The van der Waals surface area contributed by atoms with Crippen molar-refractivity contribution in [3.8, 4) is 0 Å². The highest BCUT2D eigenvalue weighted by molar-refractivity contribution is 5.99. The summed E-state index contributed by atoms with van der Waals surface area (Å²) in [6, 6.07) is 5.33. The number of benzene rings is 1. The molecule has 110 valence electrons. The Balaban J connectivity index is 2.25. The van der Waals surface area contributed by atoms with Gasteiger partial charge in [-0.1, -0.05) is 0 Å². The molecule has 1 aromatic rings. The molecule has 20 heavy (non-hydrogen) atoms. The minimum Gasteiger partial charge on any atom is -0.399 e. The number of hydrogen-bond acceptors (Lipinski definition) is 4. The molecule has 1 amide bonds. The molecule has 0 aromatic heterocycles. The number of likely N-dealkylation sites (N-methyl/N-ethyl adjacent to an activating group) is 2. The second-order valence-corrected chi connectivity index (χ2v) is 5.97. The molecule has 5 heteroatoms. The van der Waals surface area contributed by atoms with Crippen molar-refractivity contribution in [3.05, 3.63) is 23.8 Å². The molecule has 0 heterocycles. The molecule has 0 bridgehead atoms. The molecule has 0 aliphatic heterocycles. The van der Waals surface area contributed by atoms with Crippen LogP contribution in [0.2, 0.25) is 0 Å². The highest BCUT2D eigenvalue weighted by atomic mass is 16.1. The van der Waals surface area contributed by atoms with Gasteiger partial charge in [0.25, 0.3) is 5.91 Å². The number of anilines is 2. The molecule has 5 nitrogen and oxygen atoms in total. The van der Waals surface area contributed by atoms with E-state index in [0.717, 1.165) is 12.2 Å². The summed E-state index contributed by atoms with van der Waals surface area (Å²) in [5.74, 6) is -0.438. The van der Waals surface area contributed by atoms with Crippen molar-refractivity contribution in [3.63, 3.8) is 0 Å². The van der Waals surface area contributed by atoms with Gasteiger partial charge >= 0.3 is 0 Å². The van der Waals surface area contributed by atoms with E-state index < -0.39 is 5.91 Å². The summed E-state index contributed by atoms with van der Waals surface area (Å²) in [5, 5.41) is 0. The first-order chi connectivity index (χ1) is 9.35. The van der Waals surface area contributed by atoms with Gasteiger partial charge in [0.15, 0.2) is 0 Å². The Morgan fingerprint density at radius 2 is 1.95 bits per heavy atom. The van der Waals surface area contributed by atoms with E-state index in [1.807, 2.05) is 13.1 Å². The SMILES string of the molecule is CN(CC1(N(C)C)CCC1)c1ccc(N)cc1C(N)=O. The van der Waals surface area contributed by atoms with E-state index in [9.17, 15) is 4.79 Å². The molecule has 2 rings (SSSR count). The van der Waals surface area contributed by atoms with E-state index in [-0.39, 0.29) is 5.54 Å². The standard InChI is InChI=1S/C15H24N4O/c1-18(2)15(7-4-8-15)10-19(3)13-6-5-11(16)9-12(13)14(17)20/h5-6,9H,4,7-8,10,16H2,1-3H3,(H2,17,20). The minimum atomic E-state index is -0.438. The topological polar surface area (TPSA) is 75.6 Å². The molecule has 0 unspecified atom stereocenters. The minimum absolute atomic E-state index is 0.199. The predicted octanol–water partition coefficient (Wildman–Crippen LogP) is 1.29. The molecule has 1 saturated carbocycles. The molecular weight excluding hydrogens is 252 g/mol. The monoisotopic (exact) mass is 276 g/mol. The fourth-order valence-electron chi connectivity index (χ4n) is 2.94. The molecule has 1 aliphatic carbocycles. The van der Waals surface area contributed by atoms with Gasteiger partial charge in [-0.2, -0.15) is 0 Å². The summed E-state index contributed by atoms with van der Waals surface area (Å²) < 4.78 is 0. The second-order valence-electron chi connectivity index (χ2n) is 5.97. The van der Waals surface area contributed by atoms with Crippen LogP contribution in [0.5, 0.6) is 0 Å². The molecule has 1 aromatic carbocycles. The van der Waals surface area contributed by atoms with Crippen molar-refractivity contribution in [2.45, 2.75) is 24.8 Å². The lowest BCUT2D eigenvalue weighted by Crippen LogP contribution is -2.56. The predicted molar refractivity (Wildman–Crippen MR) is 82.9 cm³/mol. The Morgan fingerprint density at radius 3 is 2.40 bits per heavy atom. The van der Waals surface area contributed by atoms with Crippen LogP contribution in [0.1, 0.15) is 29.6 Å². The first-order valence-corrected chi connectivity index (χ1v) is 6.94. The number of carbonyl (C=O) groups excluding carboxylic acids is 1. The number of primary amides is 1. The Morgan fingerprint density at radius 1 is 1.30 bits per heavy atom. The molecule has 0 spiro atoms. The van der Waals surface area contributed by atoms with Gasteiger partial charge in [-0.25, -0.2) is 0 Å². The Bertz CT molecular complexity index is 509. The van der Waals surface area contributed by atoms with Crippen LogP contribution in [0.3, 0.4) is 0 Å². The van der Waals surface area contributed by atoms with Crippen LogP contribution in [0.4, 0.5) is 11.4 Å². The van der Waals surface area contributed by atoms with Crippen LogP contribution >= 0.6 is 0 Å². The normalized spacial score (nSPS) is 16.8. The van der Waals surface area contributed by atoms with Gasteiger partial charge in [0.2, 0.25) is 0 Å². The van der Waals surface area contributed by atoms with Crippen molar-refractivity contribution < 1.29 is 4.79 Å². The van der Waals surface area contributed by atoms with E-state index in [1.54, 1.807) is 12.1 Å². The lowest BCUT2D eigenvalue weighted by molar-refractivity contribution is 0.0682. The fourth-order valence-corrected chi connectivity index (χ4v) is 2.94. The lowest BCUT2D eigenvalue weighted by atomic mass is 9.75. The van der Waals surface area contributed by atoms with Gasteiger partial charge in [0.1, 0.15) is 0 Å². The second kappa shape index (κ2) is 5.32. The summed E-state index contributed by atoms with van der Waals surface area (Å²) in [6.45, 7) is 0.879. The zero-order chi connectivity index (χ0) is 14.9. The van der Waals surface area contributed by atoms with Crippen LogP contribution in [0.15, 0.2) is 18.2 Å².